The maximum absolute atomic E-state index is 12.4. The van der Waals surface area contributed by atoms with E-state index in [4.69, 9.17) is 11.6 Å². The van der Waals surface area contributed by atoms with Gasteiger partial charge in [0.15, 0.2) is 0 Å². The number of rotatable bonds is 5. The van der Waals surface area contributed by atoms with Gasteiger partial charge < -0.3 is 10.1 Å². The first-order chi connectivity index (χ1) is 12.2. The Morgan fingerprint density at radius 3 is 2.15 bits per heavy atom. The van der Waals surface area contributed by atoms with Crippen LogP contribution in [0, 0.1) is 0 Å². The third-order valence-electron chi connectivity index (χ3n) is 3.52. The molecule has 0 fully saturated rings. The van der Waals surface area contributed by atoms with Gasteiger partial charge >= 0.3 is 5.97 Å². The van der Waals surface area contributed by atoms with E-state index in [1.54, 1.807) is 0 Å². The number of carbonyl (C=O) groups is 2. The van der Waals surface area contributed by atoms with Crippen LogP contribution in [0.4, 0.5) is 5.69 Å². The predicted octanol–water partition coefficient (Wildman–Crippen LogP) is 2.63. The van der Waals surface area contributed by atoms with Crippen LogP contribution in [0.2, 0.25) is 5.02 Å². The zero-order chi connectivity index (χ0) is 19.5. The van der Waals surface area contributed by atoms with Crippen molar-refractivity contribution >= 4 is 39.2 Å². The molecule has 2 aromatic rings. The number of nitrogens with zero attached hydrogens (tertiary/aromatic N) is 1. The van der Waals surface area contributed by atoms with E-state index in [0.717, 1.165) is 4.31 Å². The molecule has 0 atom stereocenters. The molecule has 26 heavy (non-hydrogen) atoms. The number of benzene rings is 2. The Bertz CT molecular complexity index is 940. The molecule has 138 valence electrons. The number of anilines is 1. The van der Waals surface area contributed by atoms with Crippen molar-refractivity contribution in [2.75, 3.05) is 26.5 Å². The van der Waals surface area contributed by atoms with Gasteiger partial charge in [-0.1, -0.05) is 11.6 Å². The Kier molecular flexibility index (Phi) is 6.01. The van der Waals surface area contributed by atoms with Crippen LogP contribution in [0.15, 0.2) is 47.4 Å². The van der Waals surface area contributed by atoms with Crippen molar-refractivity contribution in [3.8, 4) is 0 Å². The molecule has 0 unspecified atom stereocenters. The summed E-state index contributed by atoms with van der Waals surface area (Å²) >= 11 is 5.97. The topological polar surface area (TPSA) is 92.8 Å². The first-order valence-electron chi connectivity index (χ1n) is 7.38. The van der Waals surface area contributed by atoms with Crippen LogP contribution in [0.25, 0.3) is 0 Å². The second-order valence-electron chi connectivity index (χ2n) is 5.46. The molecule has 0 heterocycles. The van der Waals surface area contributed by atoms with Crippen molar-refractivity contribution in [1.82, 2.24) is 4.31 Å². The molecule has 1 amide bonds. The number of esters is 1. The number of amides is 1. The zero-order valence-corrected chi connectivity index (χ0v) is 15.9. The number of halogens is 1. The SMILES string of the molecule is COC(=O)c1ccc(NC(=O)c2ccc(Cl)c(S(=O)(=O)N(C)C)c2)cc1. The molecule has 0 aliphatic rings. The Morgan fingerprint density at radius 1 is 1.04 bits per heavy atom. The van der Waals surface area contributed by atoms with Gasteiger partial charge in [0, 0.05) is 25.3 Å². The normalized spacial score (nSPS) is 11.3. The third-order valence-corrected chi connectivity index (χ3v) is 5.81. The summed E-state index contributed by atoms with van der Waals surface area (Å²) in [7, 11) is 0.244. The van der Waals surface area contributed by atoms with Crippen molar-refractivity contribution in [3.05, 3.63) is 58.6 Å². The van der Waals surface area contributed by atoms with Crippen LogP contribution in [-0.4, -0.2) is 45.8 Å². The molecule has 7 nitrogen and oxygen atoms in total. The first-order valence-corrected chi connectivity index (χ1v) is 9.20. The van der Waals surface area contributed by atoms with Crippen LogP contribution in [-0.2, 0) is 14.8 Å². The lowest BCUT2D eigenvalue weighted by atomic mass is 10.2. The van der Waals surface area contributed by atoms with Gasteiger partial charge in [-0.2, -0.15) is 0 Å². The highest BCUT2D eigenvalue weighted by Gasteiger charge is 2.22. The molecule has 0 aliphatic carbocycles. The number of carbonyl (C=O) groups excluding carboxylic acids is 2. The summed E-state index contributed by atoms with van der Waals surface area (Å²) in [6, 6.07) is 10.1. The summed E-state index contributed by atoms with van der Waals surface area (Å²) in [5.41, 5.74) is 0.915. The fraction of sp³-hybridized carbons (Fsp3) is 0.176. The summed E-state index contributed by atoms with van der Waals surface area (Å²) in [6.07, 6.45) is 0. The average Bonchev–Trinajstić information content (AvgIpc) is 2.61. The second kappa shape index (κ2) is 7.86. The molecule has 0 saturated carbocycles. The Labute approximate surface area is 156 Å². The Morgan fingerprint density at radius 2 is 1.62 bits per heavy atom. The zero-order valence-electron chi connectivity index (χ0n) is 14.3. The standard InChI is InChI=1S/C17H17ClN2O5S/c1-20(2)26(23,24)15-10-12(6-9-14(15)18)16(21)19-13-7-4-11(5-8-13)17(22)25-3/h4-10H,1-3H3,(H,19,21). The van der Waals surface area contributed by atoms with E-state index < -0.39 is 21.9 Å². The smallest absolute Gasteiger partial charge is 0.337 e. The molecule has 9 heteroatoms. The van der Waals surface area contributed by atoms with Crippen molar-refractivity contribution in [2.24, 2.45) is 0 Å². The van der Waals surface area contributed by atoms with Crippen molar-refractivity contribution in [2.45, 2.75) is 4.90 Å². The van der Waals surface area contributed by atoms with E-state index in [0.29, 0.717) is 11.3 Å². The lowest BCUT2D eigenvalue weighted by Gasteiger charge is -2.14. The summed E-state index contributed by atoms with van der Waals surface area (Å²) in [4.78, 5) is 23.6. The highest BCUT2D eigenvalue weighted by molar-refractivity contribution is 7.89. The van der Waals surface area contributed by atoms with Crippen molar-refractivity contribution < 1.29 is 22.7 Å². The number of sulfonamides is 1. The average molecular weight is 397 g/mol. The molecule has 1 N–H and O–H groups in total. The summed E-state index contributed by atoms with van der Waals surface area (Å²) < 4.78 is 30.2. The number of hydrogen-bond acceptors (Lipinski definition) is 5. The van der Waals surface area contributed by atoms with Gasteiger partial charge in [0.1, 0.15) is 4.90 Å². The largest absolute Gasteiger partial charge is 0.465 e. The molecule has 0 bridgehead atoms. The van der Waals surface area contributed by atoms with Crippen LogP contribution < -0.4 is 5.32 Å². The van der Waals surface area contributed by atoms with E-state index in [2.05, 4.69) is 10.1 Å². The lowest BCUT2D eigenvalue weighted by molar-refractivity contribution is 0.0600. The van der Waals surface area contributed by atoms with E-state index in [9.17, 15) is 18.0 Å². The highest BCUT2D eigenvalue weighted by atomic mass is 35.5. The molecule has 0 spiro atoms. The van der Waals surface area contributed by atoms with Crippen molar-refractivity contribution in [1.29, 1.82) is 0 Å². The molecule has 2 aromatic carbocycles. The quantitative estimate of drug-likeness (QED) is 0.784. The van der Waals surface area contributed by atoms with Crippen LogP contribution in [0.3, 0.4) is 0 Å². The van der Waals surface area contributed by atoms with Gasteiger partial charge in [0.25, 0.3) is 5.91 Å². The number of methoxy groups -OCH3 is 1. The lowest BCUT2D eigenvalue weighted by Crippen LogP contribution is -2.23. The fourth-order valence-corrected chi connectivity index (χ4v) is 3.44. The maximum Gasteiger partial charge on any atom is 0.337 e. The van der Waals surface area contributed by atoms with Gasteiger partial charge in [-0.05, 0) is 42.5 Å². The number of hydrogen-bond donors (Lipinski definition) is 1. The van der Waals surface area contributed by atoms with Gasteiger partial charge in [0.05, 0.1) is 17.7 Å². The van der Waals surface area contributed by atoms with Gasteiger partial charge in [-0.3, -0.25) is 4.79 Å². The first kappa shape index (κ1) is 19.9. The van der Waals surface area contributed by atoms with Crippen molar-refractivity contribution in [3.63, 3.8) is 0 Å². The number of nitrogens with one attached hydrogen (secondary N) is 1. The highest BCUT2D eigenvalue weighted by Crippen LogP contribution is 2.25. The van der Waals surface area contributed by atoms with Crippen LogP contribution in [0.1, 0.15) is 20.7 Å². The van der Waals surface area contributed by atoms with E-state index in [-0.39, 0.29) is 15.5 Å². The predicted molar refractivity (Wildman–Crippen MR) is 98.1 cm³/mol. The molecule has 0 saturated heterocycles. The van der Waals surface area contributed by atoms with Crippen LogP contribution in [0.5, 0.6) is 0 Å². The van der Waals surface area contributed by atoms with Gasteiger partial charge in [-0.25, -0.2) is 17.5 Å². The minimum absolute atomic E-state index is 0.0256. The van der Waals surface area contributed by atoms with E-state index >= 15 is 0 Å². The minimum Gasteiger partial charge on any atom is -0.465 e. The fourth-order valence-electron chi connectivity index (χ4n) is 2.05. The molecular weight excluding hydrogens is 380 g/mol. The summed E-state index contributed by atoms with van der Waals surface area (Å²) in [5, 5.41) is 2.65. The monoisotopic (exact) mass is 396 g/mol. The second-order valence-corrected chi connectivity index (χ2v) is 7.98. The van der Waals surface area contributed by atoms with E-state index in [1.165, 1.54) is 63.7 Å². The van der Waals surface area contributed by atoms with Gasteiger partial charge in [-0.15, -0.1) is 0 Å². The van der Waals surface area contributed by atoms with Gasteiger partial charge in [0.2, 0.25) is 10.0 Å². The Hall–Kier alpha value is -2.42. The third kappa shape index (κ3) is 4.21. The number of ether oxygens (including phenoxy) is 1. The molecule has 0 aromatic heterocycles. The molecular formula is C17H17ClN2O5S. The van der Waals surface area contributed by atoms with E-state index in [1.807, 2.05) is 0 Å². The molecule has 0 radical (unpaired) electrons. The van der Waals surface area contributed by atoms with Crippen LogP contribution >= 0.6 is 11.6 Å². The minimum atomic E-state index is -3.78. The molecule has 0 aliphatic heterocycles. The summed E-state index contributed by atoms with van der Waals surface area (Å²) in [5.74, 6) is -0.998. The Balaban J connectivity index is 2.27. The molecule has 2 rings (SSSR count). The summed E-state index contributed by atoms with van der Waals surface area (Å²) in [6.45, 7) is 0. The maximum atomic E-state index is 12.4.